The number of ether oxygens (including phenoxy) is 1. The molecule has 0 N–H and O–H groups in total. The van der Waals surface area contributed by atoms with Crippen molar-refractivity contribution in [3.8, 4) is 0 Å². The van der Waals surface area contributed by atoms with Crippen LogP contribution in [0.25, 0.3) is 0 Å². The number of benzene rings is 1. The average Bonchev–Trinajstić information content (AvgIpc) is 3.07. The minimum Gasteiger partial charge on any atom is -0.383 e. The number of imide groups is 1. The van der Waals surface area contributed by atoms with E-state index in [1.807, 2.05) is 13.8 Å². The lowest BCUT2D eigenvalue weighted by Crippen LogP contribution is -2.49. The molecule has 2 heterocycles. The highest BCUT2D eigenvalue weighted by molar-refractivity contribution is 6.32. The van der Waals surface area contributed by atoms with Crippen molar-refractivity contribution in [2.45, 2.75) is 44.9 Å². The fraction of sp³-hybridized carbons (Fsp3) is 0.600. The van der Waals surface area contributed by atoms with Crippen LogP contribution in [0.3, 0.4) is 0 Å². The largest absolute Gasteiger partial charge is 0.383 e. The van der Waals surface area contributed by atoms with Crippen molar-refractivity contribution in [2.24, 2.45) is 5.92 Å². The number of hydrogen-bond acceptors (Lipinski definition) is 5. The third kappa shape index (κ3) is 5.13. The lowest BCUT2D eigenvalue weighted by Gasteiger charge is -2.36. The quantitative estimate of drug-likeness (QED) is 0.495. The zero-order valence-corrected chi connectivity index (χ0v) is 21.0. The van der Waals surface area contributed by atoms with Crippen molar-refractivity contribution in [3.05, 3.63) is 34.9 Å². The summed E-state index contributed by atoms with van der Waals surface area (Å²) < 4.78 is 5.06. The van der Waals surface area contributed by atoms with E-state index >= 15 is 0 Å². The van der Waals surface area contributed by atoms with Crippen LogP contribution in [-0.2, 0) is 29.3 Å². The van der Waals surface area contributed by atoms with Gasteiger partial charge in [-0.1, -0.05) is 29.8 Å². The van der Waals surface area contributed by atoms with E-state index in [1.165, 1.54) is 12.0 Å². The Hall–Kier alpha value is -2.45. The predicted molar refractivity (Wildman–Crippen MR) is 128 cm³/mol. The van der Waals surface area contributed by atoms with Crippen LogP contribution in [0.15, 0.2) is 24.3 Å². The van der Waals surface area contributed by atoms with Gasteiger partial charge in [0.15, 0.2) is 0 Å². The van der Waals surface area contributed by atoms with Crippen molar-refractivity contribution in [1.29, 1.82) is 0 Å². The summed E-state index contributed by atoms with van der Waals surface area (Å²) >= 11 is 6.48. The smallest absolute Gasteiger partial charge is 0.241 e. The van der Waals surface area contributed by atoms with Crippen molar-refractivity contribution in [1.82, 2.24) is 14.7 Å². The molecule has 1 aromatic carbocycles. The monoisotopic (exact) mass is 491 g/mol. The summed E-state index contributed by atoms with van der Waals surface area (Å²) in [6.07, 6.45) is 1.16. The molecule has 0 aromatic heterocycles. The van der Waals surface area contributed by atoms with E-state index in [4.69, 9.17) is 16.3 Å². The lowest BCUT2D eigenvalue weighted by molar-refractivity contribution is -0.145. The molecule has 1 aromatic rings. The van der Waals surface area contributed by atoms with Crippen LogP contribution in [-0.4, -0.2) is 84.8 Å². The molecule has 0 unspecified atom stereocenters. The minimum atomic E-state index is -1.37. The third-order valence-electron chi connectivity index (χ3n) is 6.97. The molecular weight excluding hydrogens is 458 g/mol. The highest BCUT2D eigenvalue weighted by atomic mass is 35.5. The average molecular weight is 492 g/mol. The van der Waals surface area contributed by atoms with Gasteiger partial charge in [-0.3, -0.25) is 24.1 Å². The molecule has 0 saturated carbocycles. The molecule has 0 bridgehead atoms. The maximum absolute atomic E-state index is 13.6. The van der Waals surface area contributed by atoms with Gasteiger partial charge in [-0.2, -0.15) is 0 Å². The second kappa shape index (κ2) is 11.3. The molecule has 2 fully saturated rings. The van der Waals surface area contributed by atoms with Gasteiger partial charge in [0.2, 0.25) is 23.6 Å². The number of carbonyl (C=O) groups is 4. The Morgan fingerprint density at radius 1 is 1.21 bits per heavy atom. The number of hydrogen-bond donors (Lipinski definition) is 0. The number of piperidine rings is 1. The summed E-state index contributed by atoms with van der Waals surface area (Å²) in [5.41, 5.74) is -0.883. The van der Waals surface area contributed by atoms with Crippen molar-refractivity contribution < 1.29 is 23.9 Å². The second-order valence-electron chi connectivity index (χ2n) is 8.95. The van der Waals surface area contributed by atoms with Crippen LogP contribution in [0.2, 0.25) is 5.02 Å². The van der Waals surface area contributed by atoms with Gasteiger partial charge in [-0.25, -0.2) is 0 Å². The summed E-state index contributed by atoms with van der Waals surface area (Å²) in [6, 6.07) is 6.88. The topological polar surface area (TPSA) is 87.2 Å². The van der Waals surface area contributed by atoms with Crippen LogP contribution in [0.1, 0.15) is 45.1 Å². The van der Waals surface area contributed by atoms with Crippen LogP contribution in [0.5, 0.6) is 0 Å². The summed E-state index contributed by atoms with van der Waals surface area (Å²) in [5.74, 6) is -1.22. The Bertz CT molecular complexity index is 935. The van der Waals surface area contributed by atoms with E-state index in [0.717, 1.165) is 12.8 Å². The first-order valence-electron chi connectivity index (χ1n) is 11.9. The van der Waals surface area contributed by atoms with E-state index in [2.05, 4.69) is 0 Å². The molecule has 2 atom stereocenters. The molecule has 0 aliphatic carbocycles. The number of halogens is 1. The van der Waals surface area contributed by atoms with Gasteiger partial charge in [0.1, 0.15) is 0 Å². The Balaban J connectivity index is 1.87. The summed E-state index contributed by atoms with van der Waals surface area (Å²) in [7, 11) is 1.50. The van der Waals surface area contributed by atoms with Crippen LogP contribution in [0, 0.1) is 5.92 Å². The molecule has 9 heteroatoms. The maximum Gasteiger partial charge on any atom is 0.241 e. The Morgan fingerprint density at radius 2 is 1.91 bits per heavy atom. The number of likely N-dealkylation sites (tertiary alicyclic amines) is 2. The van der Waals surface area contributed by atoms with Crippen molar-refractivity contribution in [2.75, 3.05) is 46.4 Å². The molecule has 8 nitrogen and oxygen atoms in total. The molecule has 2 aliphatic heterocycles. The van der Waals surface area contributed by atoms with E-state index in [0.29, 0.717) is 36.8 Å². The van der Waals surface area contributed by atoms with E-state index in [9.17, 15) is 19.2 Å². The molecule has 3 rings (SSSR count). The number of nitrogens with zero attached hydrogens (tertiary/aromatic N) is 3. The van der Waals surface area contributed by atoms with Gasteiger partial charge in [0.05, 0.1) is 24.5 Å². The first kappa shape index (κ1) is 26.2. The van der Waals surface area contributed by atoms with Crippen LogP contribution < -0.4 is 0 Å². The van der Waals surface area contributed by atoms with Crippen molar-refractivity contribution in [3.63, 3.8) is 0 Å². The molecule has 186 valence electrons. The van der Waals surface area contributed by atoms with E-state index < -0.39 is 11.3 Å². The van der Waals surface area contributed by atoms with E-state index in [-0.39, 0.29) is 49.6 Å². The highest BCUT2D eigenvalue weighted by Crippen LogP contribution is 2.43. The van der Waals surface area contributed by atoms with Gasteiger partial charge in [-0.05, 0) is 38.3 Å². The van der Waals surface area contributed by atoms with Gasteiger partial charge in [-0.15, -0.1) is 0 Å². The van der Waals surface area contributed by atoms with Crippen molar-refractivity contribution >= 4 is 35.2 Å². The lowest BCUT2D eigenvalue weighted by atomic mass is 9.75. The Morgan fingerprint density at radius 3 is 2.56 bits per heavy atom. The Kier molecular flexibility index (Phi) is 8.71. The predicted octanol–water partition coefficient (Wildman–Crippen LogP) is 2.48. The molecule has 0 spiro atoms. The molecule has 2 aliphatic rings. The standard InChI is InChI=1S/C25H34ClN3O5/c1-4-27(5-2)23(32)18-9-8-12-28(17-18)21(30)15-25(19-10-6-7-11-20(19)26)16-22(31)29(24(25)33)13-14-34-3/h6-7,10-11,18H,4-5,8-9,12-17H2,1-3H3/t18-,25+/m1/s1. The third-order valence-corrected chi connectivity index (χ3v) is 7.30. The summed E-state index contributed by atoms with van der Waals surface area (Å²) in [5, 5.41) is 0.346. The zero-order chi connectivity index (χ0) is 24.9. The van der Waals surface area contributed by atoms with E-state index in [1.54, 1.807) is 34.1 Å². The van der Waals surface area contributed by atoms with Crippen LogP contribution in [0.4, 0.5) is 0 Å². The van der Waals surface area contributed by atoms with Gasteiger partial charge < -0.3 is 14.5 Å². The fourth-order valence-electron chi connectivity index (χ4n) is 5.07. The number of amides is 4. The first-order valence-corrected chi connectivity index (χ1v) is 12.3. The van der Waals surface area contributed by atoms with Gasteiger partial charge >= 0.3 is 0 Å². The SMILES string of the molecule is CCN(CC)C(=O)[C@@H]1CCCN(C(=O)C[C@@]2(c3ccccc3Cl)CC(=O)N(CCOC)C2=O)C1. The van der Waals surface area contributed by atoms with Crippen LogP contribution >= 0.6 is 11.6 Å². The Labute approximate surface area is 206 Å². The van der Waals surface area contributed by atoms with Gasteiger partial charge in [0.25, 0.3) is 0 Å². The zero-order valence-electron chi connectivity index (χ0n) is 20.2. The first-order chi connectivity index (χ1) is 16.3. The summed E-state index contributed by atoms with van der Waals surface area (Å²) in [4.78, 5) is 57.5. The minimum absolute atomic E-state index is 0.0566. The normalized spacial score (nSPS) is 22.9. The molecule has 34 heavy (non-hydrogen) atoms. The second-order valence-corrected chi connectivity index (χ2v) is 9.36. The maximum atomic E-state index is 13.6. The van der Waals surface area contributed by atoms with Gasteiger partial charge in [0, 0.05) is 51.2 Å². The number of carbonyl (C=O) groups excluding carboxylic acids is 4. The molecule has 4 amide bonds. The number of methoxy groups -OCH3 is 1. The molecule has 0 radical (unpaired) electrons. The highest BCUT2D eigenvalue weighted by Gasteiger charge is 2.55. The molecular formula is C25H34ClN3O5. The summed E-state index contributed by atoms with van der Waals surface area (Å²) in [6.45, 7) is 6.32. The number of rotatable bonds is 9. The fourth-order valence-corrected chi connectivity index (χ4v) is 5.39. The molecule has 2 saturated heterocycles.